The van der Waals surface area contributed by atoms with Gasteiger partial charge in [0, 0.05) is 6.54 Å². The zero-order chi connectivity index (χ0) is 12.2. The lowest BCUT2D eigenvalue weighted by atomic mass is 9.90. The fraction of sp³-hybridized carbons (Fsp3) is 0.700. The SMILES string of the molecule is CCC(C)(C)Cn1cnnc1SCC(=O)O. The number of carboxylic acid groups (broad SMARTS) is 1. The van der Waals surface area contributed by atoms with Gasteiger partial charge in [-0.3, -0.25) is 4.79 Å². The molecule has 0 bridgehead atoms. The van der Waals surface area contributed by atoms with E-state index in [9.17, 15) is 4.79 Å². The van der Waals surface area contributed by atoms with Crippen molar-refractivity contribution in [1.82, 2.24) is 14.8 Å². The predicted molar refractivity (Wildman–Crippen MR) is 62.5 cm³/mol. The fourth-order valence-electron chi connectivity index (χ4n) is 1.16. The minimum Gasteiger partial charge on any atom is -0.481 e. The van der Waals surface area contributed by atoms with Crippen LogP contribution in [0.2, 0.25) is 0 Å². The first-order valence-electron chi connectivity index (χ1n) is 5.17. The van der Waals surface area contributed by atoms with E-state index >= 15 is 0 Å². The molecule has 0 saturated heterocycles. The lowest BCUT2D eigenvalue weighted by Crippen LogP contribution is -2.18. The molecule has 0 unspecified atom stereocenters. The number of thioether (sulfide) groups is 1. The molecule has 1 aromatic rings. The fourth-order valence-corrected chi connectivity index (χ4v) is 1.80. The van der Waals surface area contributed by atoms with Crippen LogP contribution >= 0.6 is 11.8 Å². The summed E-state index contributed by atoms with van der Waals surface area (Å²) < 4.78 is 1.91. The summed E-state index contributed by atoms with van der Waals surface area (Å²) in [4.78, 5) is 10.5. The summed E-state index contributed by atoms with van der Waals surface area (Å²) in [5.74, 6) is -0.820. The van der Waals surface area contributed by atoms with Gasteiger partial charge >= 0.3 is 5.97 Å². The normalized spacial score (nSPS) is 11.7. The van der Waals surface area contributed by atoms with Crippen molar-refractivity contribution in [3.05, 3.63) is 6.33 Å². The number of carboxylic acids is 1. The van der Waals surface area contributed by atoms with Crippen LogP contribution in [0.15, 0.2) is 11.5 Å². The van der Waals surface area contributed by atoms with E-state index < -0.39 is 5.97 Å². The summed E-state index contributed by atoms with van der Waals surface area (Å²) in [5.41, 5.74) is 0.168. The zero-order valence-corrected chi connectivity index (χ0v) is 10.6. The molecule has 0 aliphatic heterocycles. The summed E-state index contributed by atoms with van der Waals surface area (Å²) in [6.07, 6.45) is 2.70. The highest BCUT2D eigenvalue weighted by atomic mass is 32.2. The van der Waals surface area contributed by atoms with E-state index in [1.54, 1.807) is 6.33 Å². The van der Waals surface area contributed by atoms with E-state index in [4.69, 9.17) is 5.11 Å². The van der Waals surface area contributed by atoms with Gasteiger partial charge in [-0.15, -0.1) is 10.2 Å². The van der Waals surface area contributed by atoms with Crippen molar-refractivity contribution in [1.29, 1.82) is 0 Å². The molecule has 0 spiro atoms. The summed E-state index contributed by atoms with van der Waals surface area (Å²) in [6.45, 7) is 7.27. The van der Waals surface area contributed by atoms with Gasteiger partial charge in [0.15, 0.2) is 5.16 Å². The molecule has 5 nitrogen and oxygen atoms in total. The maximum Gasteiger partial charge on any atom is 0.313 e. The van der Waals surface area contributed by atoms with E-state index in [2.05, 4.69) is 31.0 Å². The second-order valence-electron chi connectivity index (χ2n) is 4.44. The van der Waals surface area contributed by atoms with E-state index in [-0.39, 0.29) is 11.2 Å². The zero-order valence-electron chi connectivity index (χ0n) is 9.80. The molecule has 0 atom stereocenters. The highest BCUT2D eigenvalue weighted by Crippen LogP contribution is 2.25. The van der Waals surface area contributed by atoms with Crippen LogP contribution in [-0.4, -0.2) is 31.6 Å². The number of aromatic nitrogens is 3. The van der Waals surface area contributed by atoms with Crippen LogP contribution in [0, 0.1) is 5.41 Å². The maximum atomic E-state index is 10.5. The highest BCUT2D eigenvalue weighted by Gasteiger charge is 2.18. The van der Waals surface area contributed by atoms with Gasteiger partial charge in [-0.2, -0.15) is 0 Å². The lowest BCUT2D eigenvalue weighted by Gasteiger charge is -2.23. The van der Waals surface area contributed by atoms with Crippen molar-refractivity contribution in [3.63, 3.8) is 0 Å². The third-order valence-electron chi connectivity index (χ3n) is 2.46. The Morgan fingerprint density at radius 3 is 2.88 bits per heavy atom. The van der Waals surface area contributed by atoms with Crippen molar-refractivity contribution in [2.45, 2.75) is 38.9 Å². The Bertz CT molecular complexity index is 363. The Labute approximate surface area is 99.3 Å². The van der Waals surface area contributed by atoms with Crippen molar-refractivity contribution >= 4 is 17.7 Å². The molecular weight excluding hydrogens is 226 g/mol. The van der Waals surface area contributed by atoms with E-state index in [0.29, 0.717) is 5.16 Å². The van der Waals surface area contributed by atoms with Crippen LogP contribution in [0.4, 0.5) is 0 Å². The summed E-state index contributed by atoms with van der Waals surface area (Å²) in [7, 11) is 0. The smallest absolute Gasteiger partial charge is 0.313 e. The average Bonchev–Trinajstić information content (AvgIpc) is 2.61. The summed E-state index contributed by atoms with van der Waals surface area (Å²) in [6, 6.07) is 0. The summed E-state index contributed by atoms with van der Waals surface area (Å²) >= 11 is 1.20. The predicted octanol–water partition coefficient (Wildman–Crippen LogP) is 1.89. The van der Waals surface area contributed by atoms with Gasteiger partial charge in [0.05, 0.1) is 5.75 Å². The van der Waals surface area contributed by atoms with Gasteiger partial charge in [0.1, 0.15) is 6.33 Å². The molecule has 1 N–H and O–H groups in total. The van der Waals surface area contributed by atoms with Gasteiger partial charge in [-0.1, -0.05) is 32.5 Å². The Morgan fingerprint density at radius 1 is 1.62 bits per heavy atom. The molecule has 0 aromatic carbocycles. The Hall–Kier alpha value is -1.04. The minimum absolute atomic E-state index is 0.0191. The number of aliphatic carboxylic acids is 1. The Balaban J connectivity index is 2.67. The standard InChI is InChI=1S/C10H17N3O2S/c1-4-10(2,3)6-13-7-11-12-9(13)16-5-8(14)15/h7H,4-6H2,1-3H3,(H,14,15). The first kappa shape index (κ1) is 13.0. The lowest BCUT2D eigenvalue weighted by molar-refractivity contribution is -0.133. The first-order chi connectivity index (χ1) is 7.44. The molecule has 90 valence electrons. The minimum atomic E-state index is -0.839. The Kier molecular flexibility index (Phi) is 4.35. The van der Waals surface area contributed by atoms with Gasteiger partial charge < -0.3 is 9.67 Å². The molecular formula is C10H17N3O2S. The van der Waals surface area contributed by atoms with Gasteiger partial charge in [0.25, 0.3) is 0 Å². The number of hydrogen-bond acceptors (Lipinski definition) is 4. The number of nitrogens with zero attached hydrogens (tertiary/aromatic N) is 3. The number of carbonyl (C=O) groups is 1. The van der Waals surface area contributed by atoms with E-state index in [1.165, 1.54) is 11.8 Å². The van der Waals surface area contributed by atoms with Crippen LogP contribution in [-0.2, 0) is 11.3 Å². The van der Waals surface area contributed by atoms with Crippen molar-refractivity contribution in [3.8, 4) is 0 Å². The molecule has 1 heterocycles. The molecule has 0 aliphatic rings. The van der Waals surface area contributed by atoms with E-state index in [0.717, 1.165) is 13.0 Å². The molecule has 0 saturated carbocycles. The number of rotatable bonds is 6. The molecule has 0 amide bonds. The van der Waals surface area contributed by atoms with Crippen molar-refractivity contribution in [2.75, 3.05) is 5.75 Å². The van der Waals surface area contributed by atoms with Crippen LogP contribution in [0.25, 0.3) is 0 Å². The van der Waals surface area contributed by atoms with Gasteiger partial charge in [-0.25, -0.2) is 0 Å². The van der Waals surface area contributed by atoms with Gasteiger partial charge in [-0.05, 0) is 11.8 Å². The maximum absolute atomic E-state index is 10.5. The largest absolute Gasteiger partial charge is 0.481 e. The molecule has 6 heteroatoms. The average molecular weight is 243 g/mol. The van der Waals surface area contributed by atoms with E-state index in [1.807, 2.05) is 4.57 Å². The Morgan fingerprint density at radius 2 is 2.31 bits per heavy atom. The molecule has 16 heavy (non-hydrogen) atoms. The quantitative estimate of drug-likeness (QED) is 0.773. The summed E-state index contributed by atoms with van der Waals surface area (Å²) in [5, 5.41) is 17.0. The number of hydrogen-bond donors (Lipinski definition) is 1. The molecule has 0 radical (unpaired) electrons. The second kappa shape index (κ2) is 5.34. The van der Waals surface area contributed by atoms with Gasteiger partial charge in [0.2, 0.25) is 0 Å². The third kappa shape index (κ3) is 3.84. The third-order valence-corrected chi connectivity index (χ3v) is 3.43. The molecule has 1 rings (SSSR count). The van der Waals surface area contributed by atoms with Crippen molar-refractivity contribution < 1.29 is 9.90 Å². The van der Waals surface area contributed by atoms with Crippen molar-refractivity contribution in [2.24, 2.45) is 5.41 Å². The van der Waals surface area contributed by atoms with Crippen LogP contribution in [0.1, 0.15) is 27.2 Å². The molecule has 0 aliphatic carbocycles. The first-order valence-corrected chi connectivity index (χ1v) is 6.15. The highest BCUT2D eigenvalue weighted by molar-refractivity contribution is 7.99. The van der Waals surface area contributed by atoms with Crippen LogP contribution in [0.5, 0.6) is 0 Å². The van der Waals surface area contributed by atoms with Crippen LogP contribution < -0.4 is 0 Å². The molecule has 1 aromatic heterocycles. The second-order valence-corrected chi connectivity index (χ2v) is 5.38. The van der Waals surface area contributed by atoms with Crippen LogP contribution in [0.3, 0.4) is 0 Å². The topological polar surface area (TPSA) is 68.0 Å². The molecule has 0 fully saturated rings. The monoisotopic (exact) mass is 243 g/mol.